The van der Waals surface area contributed by atoms with Gasteiger partial charge in [0.1, 0.15) is 6.54 Å². The summed E-state index contributed by atoms with van der Waals surface area (Å²) in [6, 6.07) is 19.9. The second-order valence-corrected chi connectivity index (χ2v) is 9.72. The zero-order chi connectivity index (χ0) is 22.2. The molecule has 0 fully saturated rings. The monoisotopic (exact) mass is 447 g/mol. The van der Waals surface area contributed by atoms with E-state index in [1.807, 2.05) is 11.8 Å². The summed E-state index contributed by atoms with van der Waals surface area (Å²) in [5.41, 5.74) is 8.02. The third-order valence-electron chi connectivity index (χ3n) is 6.26. The molecule has 3 aromatic rings. The van der Waals surface area contributed by atoms with E-state index in [-0.39, 0.29) is 0 Å². The highest BCUT2D eigenvalue weighted by atomic mass is 32.2. The number of hydrogen-bond acceptors (Lipinski definition) is 2. The van der Waals surface area contributed by atoms with Crippen LogP contribution in [-0.4, -0.2) is 13.1 Å². The van der Waals surface area contributed by atoms with E-state index in [2.05, 4.69) is 89.0 Å². The summed E-state index contributed by atoms with van der Waals surface area (Å²) in [5.74, 6) is 0. The number of para-hydroxylation sites is 2. The molecule has 0 bridgehead atoms. The van der Waals surface area contributed by atoms with E-state index in [0.717, 1.165) is 26.1 Å². The van der Waals surface area contributed by atoms with E-state index in [1.165, 1.54) is 70.6 Å². The molecule has 0 aliphatic carbocycles. The summed E-state index contributed by atoms with van der Waals surface area (Å²) < 4.78 is 2.44. The number of nitrogens with zero attached hydrogens (tertiary/aromatic N) is 2. The Kier molecular flexibility index (Phi) is 8.24. The van der Waals surface area contributed by atoms with Crippen molar-refractivity contribution in [3.05, 3.63) is 71.4 Å². The van der Waals surface area contributed by atoms with E-state index in [9.17, 15) is 0 Å². The molecule has 4 rings (SSSR count). The SMILES string of the molecule is CCCCCCCC[n+]1ccc(/C=C2\Sc3ccccc3N2CCC[NH3+])c2ccccc21. The Hall–Kier alpha value is -2.30. The highest BCUT2D eigenvalue weighted by Crippen LogP contribution is 2.46. The fourth-order valence-electron chi connectivity index (χ4n) is 4.49. The second-order valence-electron chi connectivity index (χ2n) is 8.66. The van der Waals surface area contributed by atoms with Crippen molar-refractivity contribution in [1.29, 1.82) is 0 Å². The first kappa shape index (κ1) is 22.9. The molecule has 2 aromatic carbocycles. The van der Waals surface area contributed by atoms with Gasteiger partial charge in [-0.2, -0.15) is 4.57 Å². The fourth-order valence-corrected chi connectivity index (χ4v) is 5.63. The number of benzene rings is 2. The summed E-state index contributed by atoms with van der Waals surface area (Å²) in [6.45, 7) is 5.35. The number of aromatic nitrogens is 1. The molecule has 0 atom stereocenters. The van der Waals surface area contributed by atoms with E-state index >= 15 is 0 Å². The Labute approximate surface area is 197 Å². The van der Waals surface area contributed by atoms with E-state index < -0.39 is 0 Å². The molecule has 3 N–H and O–H groups in total. The molecular formula is C28H37N3S+2. The van der Waals surface area contributed by atoms with Gasteiger partial charge in [0.25, 0.3) is 0 Å². The van der Waals surface area contributed by atoms with Gasteiger partial charge in [-0.05, 0) is 36.3 Å². The predicted molar refractivity (Wildman–Crippen MR) is 138 cm³/mol. The number of anilines is 1. The Bertz CT molecular complexity index is 1060. The fraction of sp³-hybridized carbons (Fsp3) is 0.393. The minimum atomic E-state index is 0.962. The van der Waals surface area contributed by atoms with E-state index in [1.54, 1.807) is 0 Å². The smallest absolute Gasteiger partial charge is 0.213 e. The summed E-state index contributed by atoms with van der Waals surface area (Å²) in [4.78, 5) is 3.82. The molecule has 0 unspecified atom stereocenters. The number of aryl methyl sites for hydroxylation is 1. The van der Waals surface area contributed by atoms with Crippen LogP contribution in [0.1, 0.15) is 57.4 Å². The molecule has 1 aliphatic heterocycles. The summed E-state index contributed by atoms with van der Waals surface area (Å²) in [5, 5.41) is 2.65. The van der Waals surface area contributed by atoms with Crippen molar-refractivity contribution in [2.24, 2.45) is 0 Å². The van der Waals surface area contributed by atoms with Crippen molar-refractivity contribution in [3.8, 4) is 0 Å². The lowest BCUT2D eigenvalue weighted by molar-refractivity contribution is -0.671. The lowest BCUT2D eigenvalue weighted by atomic mass is 10.1. The Balaban J connectivity index is 1.57. The summed E-state index contributed by atoms with van der Waals surface area (Å²) >= 11 is 1.89. The van der Waals surface area contributed by atoms with Crippen LogP contribution in [0.15, 0.2) is 70.7 Å². The molecule has 0 saturated heterocycles. The highest BCUT2D eigenvalue weighted by Gasteiger charge is 2.25. The maximum absolute atomic E-state index is 4.05. The van der Waals surface area contributed by atoms with Gasteiger partial charge in [-0.1, -0.05) is 68.6 Å². The van der Waals surface area contributed by atoms with Crippen LogP contribution in [0, 0.1) is 0 Å². The molecule has 2 heterocycles. The van der Waals surface area contributed by atoms with Crippen LogP contribution in [0.4, 0.5) is 5.69 Å². The normalized spacial score (nSPS) is 14.4. The van der Waals surface area contributed by atoms with Crippen molar-refractivity contribution in [1.82, 2.24) is 0 Å². The highest BCUT2D eigenvalue weighted by molar-refractivity contribution is 8.03. The number of fused-ring (bicyclic) bond motifs is 2. The molecule has 1 aliphatic rings. The number of unbranched alkanes of at least 4 members (excludes halogenated alkanes) is 5. The van der Waals surface area contributed by atoms with Crippen molar-refractivity contribution in [2.75, 3.05) is 18.0 Å². The van der Waals surface area contributed by atoms with Gasteiger partial charge in [-0.25, -0.2) is 0 Å². The number of thioether (sulfide) groups is 1. The van der Waals surface area contributed by atoms with Crippen molar-refractivity contribution in [2.45, 2.75) is 63.3 Å². The second kappa shape index (κ2) is 11.5. The lowest BCUT2D eigenvalue weighted by Crippen LogP contribution is -2.51. The maximum atomic E-state index is 4.05. The van der Waals surface area contributed by atoms with Gasteiger partial charge < -0.3 is 10.6 Å². The topological polar surface area (TPSA) is 34.8 Å². The number of quaternary nitrogens is 1. The molecule has 0 saturated carbocycles. The molecular weight excluding hydrogens is 410 g/mol. The van der Waals surface area contributed by atoms with Crippen molar-refractivity contribution >= 4 is 34.4 Å². The summed E-state index contributed by atoms with van der Waals surface area (Å²) in [6.07, 6.45) is 13.8. The first-order valence-electron chi connectivity index (χ1n) is 12.3. The maximum Gasteiger partial charge on any atom is 0.213 e. The van der Waals surface area contributed by atoms with Crippen LogP contribution in [-0.2, 0) is 6.54 Å². The molecule has 32 heavy (non-hydrogen) atoms. The molecule has 168 valence electrons. The number of rotatable bonds is 11. The minimum Gasteiger partial charge on any atom is -0.358 e. The zero-order valence-corrected chi connectivity index (χ0v) is 20.2. The molecule has 0 radical (unpaired) electrons. The van der Waals surface area contributed by atoms with Crippen LogP contribution in [0.3, 0.4) is 0 Å². The summed E-state index contributed by atoms with van der Waals surface area (Å²) in [7, 11) is 0. The van der Waals surface area contributed by atoms with Gasteiger partial charge in [0, 0.05) is 36.4 Å². The molecule has 3 nitrogen and oxygen atoms in total. The van der Waals surface area contributed by atoms with Gasteiger partial charge >= 0.3 is 0 Å². The quantitative estimate of drug-likeness (QED) is 0.288. The molecule has 0 amide bonds. The number of pyridine rings is 1. The Morgan fingerprint density at radius 2 is 1.69 bits per heavy atom. The van der Waals surface area contributed by atoms with Gasteiger partial charge in [0.2, 0.25) is 5.52 Å². The lowest BCUT2D eigenvalue weighted by Gasteiger charge is -2.20. The van der Waals surface area contributed by atoms with Gasteiger partial charge in [0.05, 0.1) is 22.6 Å². The molecule has 1 aromatic heterocycles. The number of hydrogen-bond donors (Lipinski definition) is 1. The Morgan fingerprint density at radius 3 is 2.56 bits per heavy atom. The minimum absolute atomic E-state index is 0.962. The van der Waals surface area contributed by atoms with Crippen LogP contribution >= 0.6 is 11.8 Å². The largest absolute Gasteiger partial charge is 0.358 e. The Morgan fingerprint density at radius 1 is 0.906 bits per heavy atom. The van der Waals surface area contributed by atoms with E-state index in [0.29, 0.717) is 0 Å². The molecule has 4 heteroatoms. The van der Waals surface area contributed by atoms with E-state index in [4.69, 9.17) is 0 Å². The van der Waals surface area contributed by atoms with Crippen LogP contribution < -0.4 is 15.2 Å². The third-order valence-corrected chi connectivity index (χ3v) is 7.37. The van der Waals surface area contributed by atoms with Crippen molar-refractivity contribution in [3.63, 3.8) is 0 Å². The first-order chi connectivity index (χ1) is 15.8. The van der Waals surface area contributed by atoms with Gasteiger partial charge in [0.15, 0.2) is 6.20 Å². The molecule has 0 spiro atoms. The first-order valence-corrected chi connectivity index (χ1v) is 13.1. The average Bonchev–Trinajstić information content (AvgIpc) is 3.18. The van der Waals surface area contributed by atoms with Gasteiger partial charge in [-0.3, -0.25) is 0 Å². The van der Waals surface area contributed by atoms with Crippen molar-refractivity contribution < 1.29 is 10.3 Å². The van der Waals surface area contributed by atoms with Gasteiger partial charge in [-0.15, -0.1) is 0 Å². The van der Waals surface area contributed by atoms with Crippen LogP contribution in [0.25, 0.3) is 17.0 Å². The van der Waals surface area contributed by atoms with Crippen LogP contribution in [0.2, 0.25) is 0 Å². The third kappa shape index (κ3) is 5.36. The zero-order valence-electron chi connectivity index (χ0n) is 19.4. The standard InChI is InChI=1S/C28H36N3S/c1-2-3-4-5-6-11-19-30-21-17-23(24-13-7-8-14-25(24)30)22-28-31(20-12-18-29)26-15-9-10-16-27(26)32-28/h7-10,13-17,21-22H,2-6,11-12,18-20,29H2,1H3/q+1/p+1. The average molecular weight is 448 g/mol. The predicted octanol–water partition coefficient (Wildman–Crippen LogP) is 6.03. The van der Waals surface area contributed by atoms with Crippen LogP contribution in [0.5, 0.6) is 0 Å².